The summed E-state index contributed by atoms with van der Waals surface area (Å²) in [5.41, 5.74) is 0.256. The third-order valence-corrected chi connectivity index (χ3v) is 5.13. The maximum atomic E-state index is 12.4. The topological polar surface area (TPSA) is 62.3 Å². The maximum absolute atomic E-state index is 12.4. The highest BCUT2D eigenvalue weighted by molar-refractivity contribution is 7.09. The monoisotopic (exact) mass is 293 g/mol. The predicted octanol–water partition coefficient (Wildman–Crippen LogP) is 1.61. The third kappa shape index (κ3) is 2.22. The molecule has 1 aromatic heterocycles. The molecule has 2 amide bonds. The fraction of sp³-hybridized carbons (Fsp3) is 0.643. The lowest BCUT2D eigenvalue weighted by Gasteiger charge is -2.47. The van der Waals surface area contributed by atoms with E-state index in [2.05, 4.69) is 10.3 Å². The molecule has 1 aliphatic carbocycles. The van der Waals surface area contributed by atoms with Crippen molar-refractivity contribution in [3.05, 3.63) is 16.1 Å². The van der Waals surface area contributed by atoms with E-state index in [1.165, 1.54) is 0 Å². The second-order valence-corrected chi connectivity index (χ2v) is 6.67. The van der Waals surface area contributed by atoms with Gasteiger partial charge in [0.25, 0.3) is 0 Å². The number of carbonyl (C=O) groups excluding carboxylic acids is 2. The molecule has 1 saturated heterocycles. The lowest BCUT2D eigenvalue weighted by Crippen LogP contribution is -2.67. The molecule has 108 valence electrons. The van der Waals surface area contributed by atoms with Gasteiger partial charge >= 0.3 is 0 Å². The van der Waals surface area contributed by atoms with Gasteiger partial charge in [-0.25, -0.2) is 4.98 Å². The molecule has 20 heavy (non-hydrogen) atoms. The Labute approximate surface area is 122 Å². The van der Waals surface area contributed by atoms with Crippen LogP contribution < -0.4 is 5.32 Å². The summed E-state index contributed by atoms with van der Waals surface area (Å²) in [4.78, 5) is 30.9. The molecule has 2 heterocycles. The van der Waals surface area contributed by atoms with E-state index in [0.29, 0.717) is 6.54 Å². The smallest absolute Gasteiger partial charge is 0.246 e. The highest BCUT2D eigenvalue weighted by Crippen LogP contribution is 2.36. The molecule has 0 bridgehead atoms. The van der Waals surface area contributed by atoms with Crippen molar-refractivity contribution in [2.24, 2.45) is 0 Å². The van der Waals surface area contributed by atoms with Crippen LogP contribution in [0.25, 0.3) is 0 Å². The molecule has 1 N–H and O–H groups in total. The molecule has 1 saturated carbocycles. The summed E-state index contributed by atoms with van der Waals surface area (Å²) >= 11 is 1.58. The number of nitrogens with one attached hydrogen (secondary N) is 1. The average Bonchev–Trinajstić information content (AvgIpc) is 2.86. The summed E-state index contributed by atoms with van der Waals surface area (Å²) in [6, 6.07) is 0. The van der Waals surface area contributed by atoms with Crippen LogP contribution in [0.4, 0.5) is 0 Å². The number of hydrogen-bond donors (Lipinski definition) is 1. The first-order valence-corrected chi connectivity index (χ1v) is 7.99. The number of thiazole rings is 1. The van der Waals surface area contributed by atoms with Crippen LogP contribution >= 0.6 is 11.3 Å². The maximum Gasteiger partial charge on any atom is 0.246 e. The SMILES string of the molecule is Cc1nc(CN2C(=O)CNC(=O)C23CCCCC3)cs1. The van der Waals surface area contributed by atoms with E-state index in [9.17, 15) is 9.59 Å². The molecule has 6 heteroatoms. The standard InChI is InChI=1S/C14H19N3O2S/c1-10-16-11(9-20-10)8-17-12(18)7-15-13(19)14(17)5-3-2-4-6-14/h9H,2-8H2,1H3,(H,15,19). The summed E-state index contributed by atoms with van der Waals surface area (Å²) in [7, 11) is 0. The molecule has 0 aromatic carbocycles. The van der Waals surface area contributed by atoms with Gasteiger partial charge in [0.1, 0.15) is 5.54 Å². The van der Waals surface area contributed by atoms with Crippen LogP contribution in [0.3, 0.4) is 0 Å². The summed E-state index contributed by atoms with van der Waals surface area (Å²) < 4.78 is 0. The van der Waals surface area contributed by atoms with Gasteiger partial charge in [-0.3, -0.25) is 9.59 Å². The van der Waals surface area contributed by atoms with Gasteiger partial charge in [0.2, 0.25) is 11.8 Å². The summed E-state index contributed by atoms with van der Waals surface area (Å²) in [6.45, 7) is 2.52. The number of aromatic nitrogens is 1. The van der Waals surface area contributed by atoms with E-state index in [-0.39, 0.29) is 18.4 Å². The van der Waals surface area contributed by atoms with Crippen molar-refractivity contribution in [3.8, 4) is 0 Å². The minimum atomic E-state index is -0.634. The van der Waals surface area contributed by atoms with Crippen molar-refractivity contribution < 1.29 is 9.59 Å². The third-order valence-electron chi connectivity index (χ3n) is 4.31. The summed E-state index contributed by atoms with van der Waals surface area (Å²) in [5.74, 6) is 0.0286. The zero-order valence-electron chi connectivity index (χ0n) is 11.6. The number of piperazine rings is 1. The van der Waals surface area contributed by atoms with Crippen molar-refractivity contribution in [1.29, 1.82) is 0 Å². The Balaban J connectivity index is 1.90. The van der Waals surface area contributed by atoms with Crippen LogP contribution in [-0.2, 0) is 16.1 Å². The molecular weight excluding hydrogens is 274 g/mol. The Bertz CT molecular complexity index is 534. The number of nitrogens with zero attached hydrogens (tertiary/aromatic N) is 2. The molecule has 5 nitrogen and oxygen atoms in total. The Morgan fingerprint density at radius 3 is 2.75 bits per heavy atom. The predicted molar refractivity (Wildman–Crippen MR) is 76.2 cm³/mol. The number of aryl methyl sites for hydroxylation is 1. The molecule has 0 atom stereocenters. The van der Waals surface area contributed by atoms with Gasteiger partial charge in [-0.2, -0.15) is 0 Å². The zero-order chi connectivity index (χ0) is 14.2. The van der Waals surface area contributed by atoms with Gasteiger partial charge in [-0.05, 0) is 19.8 Å². The molecule has 1 aromatic rings. The van der Waals surface area contributed by atoms with Crippen molar-refractivity contribution in [3.63, 3.8) is 0 Å². The molecule has 2 fully saturated rings. The van der Waals surface area contributed by atoms with E-state index in [1.54, 1.807) is 16.2 Å². The lowest BCUT2D eigenvalue weighted by atomic mass is 9.78. The minimum absolute atomic E-state index is 0.0113. The molecule has 1 aliphatic heterocycles. The fourth-order valence-corrected chi connectivity index (χ4v) is 3.90. The second-order valence-electron chi connectivity index (χ2n) is 5.61. The minimum Gasteiger partial charge on any atom is -0.345 e. The lowest BCUT2D eigenvalue weighted by molar-refractivity contribution is -0.157. The molecule has 0 radical (unpaired) electrons. The highest BCUT2D eigenvalue weighted by Gasteiger charge is 2.49. The van der Waals surface area contributed by atoms with E-state index >= 15 is 0 Å². The quantitative estimate of drug-likeness (QED) is 0.901. The second kappa shape index (κ2) is 5.16. The molecular formula is C14H19N3O2S. The summed E-state index contributed by atoms with van der Waals surface area (Å²) in [6.07, 6.45) is 4.70. The normalized spacial score (nSPS) is 22.1. The Morgan fingerprint density at radius 1 is 1.35 bits per heavy atom. The van der Waals surface area contributed by atoms with Gasteiger partial charge < -0.3 is 10.2 Å². The molecule has 1 spiro atoms. The average molecular weight is 293 g/mol. The number of amides is 2. The van der Waals surface area contributed by atoms with Gasteiger partial charge in [-0.15, -0.1) is 11.3 Å². The number of carbonyl (C=O) groups is 2. The van der Waals surface area contributed by atoms with E-state index in [0.717, 1.165) is 42.8 Å². The van der Waals surface area contributed by atoms with Crippen LogP contribution in [-0.4, -0.2) is 33.8 Å². The van der Waals surface area contributed by atoms with Gasteiger partial charge in [0.15, 0.2) is 0 Å². The first kappa shape index (κ1) is 13.5. The Hall–Kier alpha value is -1.43. The zero-order valence-corrected chi connectivity index (χ0v) is 12.5. The largest absolute Gasteiger partial charge is 0.345 e. The first-order chi connectivity index (χ1) is 9.62. The van der Waals surface area contributed by atoms with Crippen molar-refractivity contribution in [2.75, 3.05) is 6.54 Å². The van der Waals surface area contributed by atoms with E-state index < -0.39 is 5.54 Å². The van der Waals surface area contributed by atoms with Crippen molar-refractivity contribution in [1.82, 2.24) is 15.2 Å². The van der Waals surface area contributed by atoms with Crippen LogP contribution in [0.5, 0.6) is 0 Å². The van der Waals surface area contributed by atoms with E-state index in [1.807, 2.05) is 12.3 Å². The van der Waals surface area contributed by atoms with Crippen LogP contribution in [0.15, 0.2) is 5.38 Å². The Kier molecular flexibility index (Phi) is 3.50. The first-order valence-electron chi connectivity index (χ1n) is 7.12. The van der Waals surface area contributed by atoms with Crippen molar-refractivity contribution in [2.45, 2.75) is 51.1 Å². The molecule has 2 aliphatic rings. The van der Waals surface area contributed by atoms with Gasteiger partial charge in [0.05, 0.1) is 23.8 Å². The van der Waals surface area contributed by atoms with Gasteiger partial charge in [0, 0.05) is 5.38 Å². The van der Waals surface area contributed by atoms with Gasteiger partial charge in [-0.1, -0.05) is 19.3 Å². The molecule has 0 unspecified atom stereocenters. The van der Waals surface area contributed by atoms with Crippen molar-refractivity contribution >= 4 is 23.2 Å². The Morgan fingerprint density at radius 2 is 2.10 bits per heavy atom. The molecule has 3 rings (SSSR count). The number of hydrogen-bond acceptors (Lipinski definition) is 4. The van der Waals surface area contributed by atoms with Crippen LogP contribution in [0.2, 0.25) is 0 Å². The van der Waals surface area contributed by atoms with Crippen LogP contribution in [0, 0.1) is 6.92 Å². The van der Waals surface area contributed by atoms with Crippen LogP contribution in [0.1, 0.15) is 42.8 Å². The summed E-state index contributed by atoms with van der Waals surface area (Å²) in [5, 5.41) is 5.74. The highest BCUT2D eigenvalue weighted by atomic mass is 32.1. The fourth-order valence-electron chi connectivity index (χ4n) is 3.29. The number of rotatable bonds is 2. The van der Waals surface area contributed by atoms with E-state index in [4.69, 9.17) is 0 Å².